The zero-order valence-corrected chi connectivity index (χ0v) is 14.1. The monoisotopic (exact) mass is 326 g/mol. The summed E-state index contributed by atoms with van der Waals surface area (Å²) in [6.07, 6.45) is 1.01. The van der Waals surface area contributed by atoms with Gasteiger partial charge in [-0.25, -0.2) is 0 Å². The van der Waals surface area contributed by atoms with Gasteiger partial charge in [-0.3, -0.25) is 4.79 Å². The maximum absolute atomic E-state index is 11.0. The Hall–Kier alpha value is -2.02. The average Bonchev–Trinajstić information content (AvgIpc) is 2.52. The van der Waals surface area contributed by atoms with E-state index in [1.54, 1.807) is 14.2 Å². The van der Waals surface area contributed by atoms with Crippen LogP contribution in [0.4, 0.5) is 5.69 Å². The van der Waals surface area contributed by atoms with E-state index >= 15 is 0 Å². The van der Waals surface area contributed by atoms with Gasteiger partial charge in [-0.05, 0) is 37.2 Å². The van der Waals surface area contributed by atoms with Crippen LogP contribution in [0.3, 0.4) is 0 Å². The topological polar surface area (TPSA) is 68.8 Å². The van der Waals surface area contributed by atoms with Crippen molar-refractivity contribution in [3.63, 3.8) is 0 Å². The number of ether oxygens (including phenoxy) is 3. The van der Waals surface area contributed by atoms with Gasteiger partial charge in [0.05, 0.1) is 21.3 Å². The first-order chi connectivity index (χ1) is 10.5. The smallest absolute Gasteiger partial charge is 0.305 e. The number of anilines is 1. The molecule has 1 aromatic carbocycles. The second-order valence-corrected chi connectivity index (χ2v) is 4.99. The van der Waals surface area contributed by atoms with E-state index in [0.29, 0.717) is 36.0 Å². The zero-order valence-electron chi connectivity index (χ0n) is 13.3. The Labute approximate surface area is 136 Å². The number of thiocarbonyl (C=S) groups is 1. The first-order valence-electron chi connectivity index (χ1n) is 6.86. The van der Waals surface area contributed by atoms with E-state index in [0.717, 1.165) is 11.3 Å². The molecule has 0 aromatic heterocycles. The van der Waals surface area contributed by atoms with E-state index in [-0.39, 0.29) is 5.97 Å². The second-order valence-electron chi connectivity index (χ2n) is 4.58. The maximum atomic E-state index is 11.0. The third-order valence-corrected chi connectivity index (χ3v) is 3.30. The fourth-order valence-corrected chi connectivity index (χ4v) is 2.03. The van der Waals surface area contributed by atoms with E-state index in [4.69, 9.17) is 21.7 Å². The van der Waals surface area contributed by atoms with Crippen LogP contribution in [0.15, 0.2) is 12.1 Å². The lowest BCUT2D eigenvalue weighted by atomic mass is 10.1. The highest BCUT2D eigenvalue weighted by molar-refractivity contribution is 7.80. The molecule has 1 rings (SSSR count). The van der Waals surface area contributed by atoms with Gasteiger partial charge < -0.3 is 24.8 Å². The molecule has 6 nitrogen and oxygen atoms in total. The summed E-state index contributed by atoms with van der Waals surface area (Å²) >= 11 is 5.23. The minimum Gasteiger partial charge on any atom is -0.493 e. The number of nitrogens with one attached hydrogen (secondary N) is 2. The third kappa shape index (κ3) is 5.40. The Morgan fingerprint density at radius 2 is 1.82 bits per heavy atom. The van der Waals surface area contributed by atoms with Crippen LogP contribution in [0.5, 0.6) is 11.5 Å². The molecule has 0 saturated carbocycles. The molecule has 0 unspecified atom stereocenters. The fourth-order valence-electron chi connectivity index (χ4n) is 1.82. The normalized spacial score (nSPS) is 9.82. The molecule has 122 valence electrons. The number of hydrogen-bond acceptors (Lipinski definition) is 5. The van der Waals surface area contributed by atoms with E-state index < -0.39 is 0 Å². The lowest BCUT2D eigenvalue weighted by Crippen LogP contribution is -2.29. The van der Waals surface area contributed by atoms with Gasteiger partial charge >= 0.3 is 5.97 Å². The molecular formula is C15H22N2O4S. The summed E-state index contributed by atoms with van der Waals surface area (Å²) in [5.41, 5.74) is 1.82. The molecule has 2 N–H and O–H groups in total. The van der Waals surface area contributed by atoms with Gasteiger partial charge in [-0.1, -0.05) is 0 Å². The van der Waals surface area contributed by atoms with Gasteiger partial charge in [0.15, 0.2) is 16.6 Å². The summed E-state index contributed by atoms with van der Waals surface area (Å²) in [4.78, 5) is 11.0. The summed E-state index contributed by atoms with van der Waals surface area (Å²) in [6.45, 7) is 2.54. The van der Waals surface area contributed by atoms with Crippen molar-refractivity contribution in [3.8, 4) is 11.5 Å². The van der Waals surface area contributed by atoms with Crippen molar-refractivity contribution in [2.45, 2.75) is 19.8 Å². The van der Waals surface area contributed by atoms with Crippen LogP contribution in [0, 0.1) is 6.92 Å². The van der Waals surface area contributed by atoms with Gasteiger partial charge in [0, 0.05) is 24.7 Å². The maximum Gasteiger partial charge on any atom is 0.305 e. The van der Waals surface area contributed by atoms with Crippen LogP contribution in [-0.4, -0.2) is 39.0 Å². The van der Waals surface area contributed by atoms with Crippen molar-refractivity contribution in [1.82, 2.24) is 5.32 Å². The van der Waals surface area contributed by atoms with Gasteiger partial charge in [-0.2, -0.15) is 0 Å². The Bertz CT molecular complexity index is 535. The lowest BCUT2D eigenvalue weighted by Gasteiger charge is -2.15. The number of carbonyl (C=O) groups is 1. The minimum atomic E-state index is -0.226. The zero-order chi connectivity index (χ0) is 16.5. The van der Waals surface area contributed by atoms with Crippen LogP contribution >= 0.6 is 12.2 Å². The number of hydrogen-bond donors (Lipinski definition) is 2. The van der Waals surface area contributed by atoms with Gasteiger partial charge in [0.1, 0.15) is 0 Å². The number of rotatable bonds is 7. The summed E-state index contributed by atoms with van der Waals surface area (Å²) in [5.74, 6) is 1.07. The fraction of sp³-hybridized carbons (Fsp3) is 0.467. The van der Waals surface area contributed by atoms with Crippen molar-refractivity contribution >= 4 is 29.0 Å². The molecular weight excluding hydrogens is 304 g/mol. The molecule has 0 aliphatic carbocycles. The number of esters is 1. The van der Waals surface area contributed by atoms with Gasteiger partial charge in [0.25, 0.3) is 0 Å². The number of aryl methyl sites for hydroxylation is 1. The third-order valence-electron chi connectivity index (χ3n) is 3.05. The summed E-state index contributed by atoms with van der Waals surface area (Å²) in [7, 11) is 4.56. The van der Waals surface area contributed by atoms with E-state index in [1.165, 1.54) is 7.11 Å². The predicted octanol–water partition coefficient (Wildman–Crippen LogP) is 2.25. The first kappa shape index (κ1) is 18.0. The molecule has 0 heterocycles. The second kappa shape index (κ2) is 9.09. The quantitative estimate of drug-likeness (QED) is 0.452. The van der Waals surface area contributed by atoms with Gasteiger partial charge in [-0.15, -0.1) is 0 Å². The molecule has 0 atom stereocenters. The highest BCUT2D eigenvalue weighted by atomic mass is 32.1. The van der Waals surface area contributed by atoms with Crippen molar-refractivity contribution in [2.24, 2.45) is 0 Å². The molecule has 1 aromatic rings. The van der Waals surface area contributed by atoms with Crippen molar-refractivity contribution < 1.29 is 19.0 Å². The van der Waals surface area contributed by atoms with Crippen LogP contribution in [0.2, 0.25) is 0 Å². The van der Waals surface area contributed by atoms with Crippen LogP contribution in [0.1, 0.15) is 18.4 Å². The number of methoxy groups -OCH3 is 3. The average molecular weight is 326 g/mol. The highest BCUT2D eigenvalue weighted by Crippen LogP contribution is 2.32. The molecule has 0 radical (unpaired) electrons. The number of benzene rings is 1. The molecule has 0 saturated heterocycles. The minimum absolute atomic E-state index is 0.226. The van der Waals surface area contributed by atoms with Crippen LogP contribution < -0.4 is 20.1 Å². The molecule has 0 fully saturated rings. The lowest BCUT2D eigenvalue weighted by molar-refractivity contribution is -0.140. The summed E-state index contributed by atoms with van der Waals surface area (Å²) < 4.78 is 15.1. The number of carbonyl (C=O) groups excluding carboxylic acids is 1. The summed E-state index contributed by atoms with van der Waals surface area (Å²) in [6, 6.07) is 3.71. The Kier molecular flexibility index (Phi) is 7.45. The van der Waals surface area contributed by atoms with E-state index in [9.17, 15) is 4.79 Å². The predicted molar refractivity (Wildman–Crippen MR) is 89.8 cm³/mol. The first-order valence-corrected chi connectivity index (χ1v) is 7.27. The molecule has 0 aliphatic heterocycles. The molecule has 0 amide bonds. The summed E-state index contributed by atoms with van der Waals surface area (Å²) in [5, 5.41) is 6.64. The SMILES string of the molecule is COC(=O)CCCNC(=S)Nc1cc(OC)c(OC)cc1C. The Balaban J connectivity index is 2.55. The molecule has 0 aliphatic rings. The highest BCUT2D eigenvalue weighted by Gasteiger charge is 2.09. The largest absolute Gasteiger partial charge is 0.493 e. The molecule has 0 bridgehead atoms. The van der Waals surface area contributed by atoms with Gasteiger partial charge in [0.2, 0.25) is 0 Å². The van der Waals surface area contributed by atoms with Crippen LogP contribution in [-0.2, 0) is 9.53 Å². The van der Waals surface area contributed by atoms with E-state index in [2.05, 4.69) is 15.4 Å². The Morgan fingerprint density at radius 3 is 2.41 bits per heavy atom. The van der Waals surface area contributed by atoms with Crippen molar-refractivity contribution in [1.29, 1.82) is 0 Å². The van der Waals surface area contributed by atoms with Crippen molar-refractivity contribution in [3.05, 3.63) is 17.7 Å². The van der Waals surface area contributed by atoms with Crippen LogP contribution in [0.25, 0.3) is 0 Å². The Morgan fingerprint density at radius 1 is 1.18 bits per heavy atom. The molecule has 0 spiro atoms. The standard InChI is InChI=1S/C15H22N2O4S/c1-10-8-12(19-2)13(20-3)9-11(10)17-15(22)16-7-5-6-14(18)21-4/h8-9H,5-7H2,1-4H3,(H2,16,17,22). The van der Waals surface area contributed by atoms with E-state index in [1.807, 2.05) is 19.1 Å². The molecule has 7 heteroatoms. The molecule has 22 heavy (non-hydrogen) atoms. The van der Waals surface area contributed by atoms with Crippen molar-refractivity contribution in [2.75, 3.05) is 33.2 Å².